The molecular weight excluding hydrogens is 222 g/mol. The van der Waals surface area contributed by atoms with E-state index in [1.54, 1.807) is 0 Å². The molecular formula is C11H11F4N. The minimum absolute atomic E-state index is 0.125. The van der Waals surface area contributed by atoms with Crippen LogP contribution < -0.4 is 5.73 Å². The van der Waals surface area contributed by atoms with Crippen LogP contribution in [0.3, 0.4) is 0 Å². The molecule has 0 aliphatic heterocycles. The van der Waals surface area contributed by atoms with E-state index in [0.717, 1.165) is 12.1 Å². The Hall–Kier alpha value is -1.36. The summed E-state index contributed by atoms with van der Waals surface area (Å²) in [5.41, 5.74) is 4.49. The lowest BCUT2D eigenvalue weighted by molar-refractivity contribution is -0.137. The number of nitrogens with two attached hydrogens (primary N) is 1. The van der Waals surface area contributed by atoms with Gasteiger partial charge >= 0.3 is 6.18 Å². The predicted octanol–water partition coefficient (Wildman–Crippen LogP) is 3.21. The van der Waals surface area contributed by atoms with Gasteiger partial charge in [0, 0.05) is 5.56 Å². The van der Waals surface area contributed by atoms with Gasteiger partial charge in [-0.1, -0.05) is 6.58 Å². The van der Waals surface area contributed by atoms with Gasteiger partial charge in [-0.25, -0.2) is 4.39 Å². The van der Waals surface area contributed by atoms with Crippen molar-refractivity contribution in [2.75, 3.05) is 6.54 Å². The van der Waals surface area contributed by atoms with Crippen molar-refractivity contribution in [1.29, 1.82) is 0 Å². The minimum Gasteiger partial charge on any atom is -0.330 e. The Balaban J connectivity index is 3.14. The molecule has 0 aromatic heterocycles. The van der Waals surface area contributed by atoms with Gasteiger partial charge in [-0.15, -0.1) is 0 Å². The molecule has 0 heterocycles. The molecule has 5 heteroatoms. The van der Waals surface area contributed by atoms with E-state index in [9.17, 15) is 17.6 Å². The first-order chi connectivity index (χ1) is 7.36. The van der Waals surface area contributed by atoms with Crippen molar-refractivity contribution >= 4 is 5.57 Å². The molecule has 0 aliphatic carbocycles. The Morgan fingerprint density at radius 3 is 2.44 bits per heavy atom. The standard InChI is InChI=1S/C11H11F4N/c1-7(4-5-16)9-6-8(11(13,14)15)2-3-10(9)12/h2-3,6H,1,4-5,16H2. The van der Waals surface area contributed by atoms with Crippen molar-refractivity contribution in [2.24, 2.45) is 5.73 Å². The van der Waals surface area contributed by atoms with Crippen LogP contribution >= 0.6 is 0 Å². The summed E-state index contributed by atoms with van der Waals surface area (Å²) in [5.74, 6) is -0.716. The first-order valence-corrected chi connectivity index (χ1v) is 4.61. The molecule has 0 atom stereocenters. The van der Waals surface area contributed by atoms with Crippen LogP contribution in [0.1, 0.15) is 17.5 Å². The number of hydrogen-bond donors (Lipinski definition) is 1. The highest BCUT2D eigenvalue weighted by molar-refractivity contribution is 5.64. The monoisotopic (exact) mass is 233 g/mol. The molecule has 1 aromatic carbocycles. The van der Waals surface area contributed by atoms with Crippen molar-refractivity contribution < 1.29 is 17.6 Å². The Morgan fingerprint density at radius 1 is 1.31 bits per heavy atom. The molecule has 1 rings (SSSR count). The highest BCUT2D eigenvalue weighted by atomic mass is 19.4. The molecule has 0 bridgehead atoms. The van der Waals surface area contributed by atoms with Crippen molar-refractivity contribution in [2.45, 2.75) is 12.6 Å². The van der Waals surface area contributed by atoms with Gasteiger partial charge in [-0.2, -0.15) is 13.2 Å². The number of alkyl halides is 3. The summed E-state index contributed by atoms with van der Waals surface area (Å²) in [6.45, 7) is 3.73. The average molecular weight is 233 g/mol. The zero-order chi connectivity index (χ0) is 12.3. The molecule has 1 aromatic rings. The molecule has 0 aliphatic rings. The van der Waals surface area contributed by atoms with E-state index in [1.165, 1.54) is 0 Å². The largest absolute Gasteiger partial charge is 0.416 e. The van der Waals surface area contributed by atoms with Crippen LogP contribution in [-0.4, -0.2) is 6.54 Å². The molecule has 16 heavy (non-hydrogen) atoms. The van der Waals surface area contributed by atoms with Crippen LogP contribution in [0, 0.1) is 5.82 Å². The molecule has 2 N–H and O–H groups in total. The summed E-state index contributed by atoms with van der Waals surface area (Å²) >= 11 is 0. The smallest absolute Gasteiger partial charge is 0.330 e. The van der Waals surface area contributed by atoms with Gasteiger partial charge in [0.05, 0.1) is 5.56 Å². The summed E-state index contributed by atoms with van der Waals surface area (Å²) in [7, 11) is 0. The summed E-state index contributed by atoms with van der Waals surface area (Å²) in [4.78, 5) is 0. The van der Waals surface area contributed by atoms with Crippen molar-refractivity contribution in [1.82, 2.24) is 0 Å². The average Bonchev–Trinajstić information content (AvgIpc) is 2.16. The fraction of sp³-hybridized carbons (Fsp3) is 0.273. The van der Waals surface area contributed by atoms with Gasteiger partial charge < -0.3 is 5.73 Å². The second kappa shape index (κ2) is 4.65. The molecule has 0 saturated carbocycles. The van der Waals surface area contributed by atoms with E-state index in [0.29, 0.717) is 6.07 Å². The second-order valence-electron chi connectivity index (χ2n) is 3.33. The lowest BCUT2D eigenvalue weighted by Crippen LogP contribution is -2.07. The lowest BCUT2D eigenvalue weighted by Gasteiger charge is -2.11. The van der Waals surface area contributed by atoms with Crippen LogP contribution in [0.4, 0.5) is 17.6 Å². The molecule has 0 amide bonds. The zero-order valence-corrected chi connectivity index (χ0v) is 8.44. The SMILES string of the molecule is C=C(CCN)c1cc(C(F)(F)F)ccc1F. The molecule has 0 radical (unpaired) electrons. The van der Waals surface area contributed by atoms with Crippen LogP contribution in [0.15, 0.2) is 24.8 Å². The fourth-order valence-electron chi connectivity index (χ4n) is 1.28. The van der Waals surface area contributed by atoms with E-state index >= 15 is 0 Å². The third kappa shape index (κ3) is 2.82. The molecule has 0 saturated heterocycles. The van der Waals surface area contributed by atoms with Gasteiger partial charge in [-0.05, 0) is 36.7 Å². The number of hydrogen-bond acceptors (Lipinski definition) is 1. The van der Waals surface area contributed by atoms with E-state index in [1.807, 2.05) is 0 Å². The summed E-state index contributed by atoms with van der Waals surface area (Å²) in [5, 5.41) is 0. The third-order valence-electron chi connectivity index (χ3n) is 2.12. The van der Waals surface area contributed by atoms with Crippen LogP contribution in [-0.2, 0) is 6.18 Å². The number of benzene rings is 1. The topological polar surface area (TPSA) is 26.0 Å². The Labute approximate surface area is 90.6 Å². The van der Waals surface area contributed by atoms with Crippen LogP contribution in [0.25, 0.3) is 5.57 Å². The first-order valence-electron chi connectivity index (χ1n) is 4.61. The van der Waals surface area contributed by atoms with Crippen molar-refractivity contribution in [3.05, 3.63) is 41.7 Å². The van der Waals surface area contributed by atoms with E-state index in [-0.39, 0.29) is 24.1 Å². The molecule has 88 valence electrons. The third-order valence-corrected chi connectivity index (χ3v) is 2.12. The quantitative estimate of drug-likeness (QED) is 0.797. The highest BCUT2D eigenvalue weighted by Gasteiger charge is 2.31. The Morgan fingerprint density at radius 2 is 1.94 bits per heavy atom. The molecule has 1 nitrogen and oxygen atoms in total. The normalized spacial score (nSPS) is 11.6. The molecule has 0 unspecified atom stereocenters. The van der Waals surface area contributed by atoms with E-state index in [2.05, 4.69) is 6.58 Å². The van der Waals surface area contributed by atoms with Crippen LogP contribution in [0.2, 0.25) is 0 Å². The van der Waals surface area contributed by atoms with Gasteiger partial charge in [0.25, 0.3) is 0 Å². The van der Waals surface area contributed by atoms with Crippen molar-refractivity contribution in [3.63, 3.8) is 0 Å². The minimum atomic E-state index is -4.48. The van der Waals surface area contributed by atoms with Crippen molar-refractivity contribution in [3.8, 4) is 0 Å². The maximum absolute atomic E-state index is 13.3. The zero-order valence-electron chi connectivity index (χ0n) is 8.44. The van der Waals surface area contributed by atoms with E-state index in [4.69, 9.17) is 5.73 Å². The summed E-state index contributed by atoms with van der Waals surface area (Å²) in [6.07, 6.45) is -4.22. The fourth-order valence-corrected chi connectivity index (χ4v) is 1.28. The lowest BCUT2D eigenvalue weighted by atomic mass is 10.0. The Bertz CT molecular complexity index is 395. The van der Waals surface area contributed by atoms with Crippen LogP contribution in [0.5, 0.6) is 0 Å². The van der Waals surface area contributed by atoms with E-state index < -0.39 is 17.6 Å². The maximum atomic E-state index is 13.3. The van der Waals surface area contributed by atoms with Gasteiger partial charge in [-0.3, -0.25) is 0 Å². The number of halogens is 4. The highest BCUT2D eigenvalue weighted by Crippen LogP contribution is 2.32. The van der Waals surface area contributed by atoms with Gasteiger partial charge in [0.15, 0.2) is 0 Å². The summed E-state index contributed by atoms with van der Waals surface area (Å²) < 4.78 is 50.4. The first kappa shape index (κ1) is 12.7. The molecule has 0 spiro atoms. The van der Waals surface area contributed by atoms with Gasteiger partial charge in [0.2, 0.25) is 0 Å². The molecule has 0 fully saturated rings. The van der Waals surface area contributed by atoms with Gasteiger partial charge in [0.1, 0.15) is 5.82 Å². The second-order valence-corrected chi connectivity index (χ2v) is 3.33. The predicted molar refractivity (Wildman–Crippen MR) is 54.1 cm³/mol. The maximum Gasteiger partial charge on any atom is 0.416 e. The summed E-state index contributed by atoms with van der Waals surface area (Å²) in [6, 6.07) is 2.25. The Kier molecular flexibility index (Phi) is 3.70. The number of rotatable bonds is 3.